The molecule has 0 rings (SSSR count). The molecule has 2 atom stereocenters. The van der Waals surface area contributed by atoms with Crippen LogP contribution in [-0.2, 0) is 32.9 Å². The number of carbonyl (C=O) groups is 3. The Labute approximate surface area is 238 Å². The lowest BCUT2D eigenvalue weighted by Crippen LogP contribution is -2.64. The summed E-state index contributed by atoms with van der Waals surface area (Å²) in [5.41, 5.74) is -5.68. The van der Waals surface area contributed by atoms with Gasteiger partial charge in [-0.2, -0.15) is 5.26 Å². The number of carbonyl (C=O) groups excluding carboxylic acids is 1. The van der Waals surface area contributed by atoms with Crippen molar-refractivity contribution in [3.63, 3.8) is 0 Å². The van der Waals surface area contributed by atoms with Crippen LogP contribution in [0.1, 0.15) is 80.1 Å². The molecule has 0 saturated heterocycles. The van der Waals surface area contributed by atoms with Gasteiger partial charge in [0.25, 0.3) is 8.53 Å². The summed E-state index contributed by atoms with van der Waals surface area (Å²) in [4.78, 5) is 34.7. The number of hydrogen-bond donors (Lipinski definition) is 4. The number of esters is 1. The summed E-state index contributed by atoms with van der Waals surface area (Å²) in [6.45, 7) is 9.61. The van der Waals surface area contributed by atoms with Gasteiger partial charge in [0.1, 0.15) is 0 Å². The Balaban J connectivity index is 6.74. The van der Waals surface area contributed by atoms with Crippen LogP contribution in [0.25, 0.3) is 0 Å². The van der Waals surface area contributed by atoms with E-state index in [2.05, 4.69) is 4.74 Å². The maximum atomic E-state index is 12.1. The number of hydrogen-bond acceptors (Lipinski definition) is 11. The lowest BCUT2D eigenvalue weighted by atomic mass is 9.60. The minimum atomic E-state index is -2.10. The predicted molar refractivity (Wildman–Crippen MR) is 146 cm³/mol. The molecule has 0 spiro atoms. The Hall–Kier alpha value is -1.91. The fourth-order valence-electron chi connectivity index (χ4n) is 4.45. The quantitative estimate of drug-likeness (QED) is 0.0811. The van der Waals surface area contributed by atoms with Crippen LogP contribution in [0.5, 0.6) is 0 Å². The number of aliphatic hydroxyl groups is 2. The van der Waals surface area contributed by atoms with Crippen LogP contribution < -0.4 is 0 Å². The van der Waals surface area contributed by atoms with Crippen molar-refractivity contribution in [2.75, 3.05) is 33.5 Å². The molecule has 0 radical (unpaired) electrons. The van der Waals surface area contributed by atoms with Gasteiger partial charge in [0.15, 0.2) is 0 Å². The largest absolute Gasteiger partial charge is 0.481 e. The van der Waals surface area contributed by atoms with Crippen LogP contribution in [0.3, 0.4) is 0 Å². The highest BCUT2D eigenvalue weighted by Gasteiger charge is 2.59. The van der Waals surface area contributed by atoms with E-state index in [0.29, 0.717) is 0 Å². The van der Waals surface area contributed by atoms with E-state index in [4.69, 9.17) is 19.0 Å². The second kappa shape index (κ2) is 17.8. The van der Waals surface area contributed by atoms with Crippen LogP contribution >= 0.6 is 8.53 Å². The fourth-order valence-corrected chi connectivity index (χ4v) is 6.12. The van der Waals surface area contributed by atoms with Crippen molar-refractivity contribution in [2.24, 2.45) is 5.41 Å². The third kappa shape index (κ3) is 11.9. The third-order valence-electron chi connectivity index (χ3n) is 6.68. The highest BCUT2D eigenvalue weighted by atomic mass is 31.2. The molecule has 0 aliphatic carbocycles. The number of methoxy groups -OCH3 is 1. The van der Waals surface area contributed by atoms with Crippen molar-refractivity contribution in [3.05, 3.63) is 0 Å². The van der Waals surface area contributed by atoms with Gasteiger partial charge in [0.05, 0.1) is 69.1 Å². The SMILES string of the molecule is COC(=O)CCOCC(COP(OCCC#N)N(C(C)C)C(C)C)(C(C)(C)O)C(O)(CCC(=O)O)CCC(=O)O. The number of ether oxygens (including phenoxy) is 2. The lowest BCUT2D eigenvalue weighted by Gasteiger charge is -2.54. The summed E-state index contributed by atoms with van der Waals surface area (Å²) >= 11 is 0. The number of nitriles is 1. The van der Waals surface area contributed by atoms with Crippen LogP contribution in [0, 0.1) is 16.7 Å². The molecule has 232 valence electrons. The first kappa shape index (κ1) is 38.1. The van der Waals surface area contributed by atoms with Gasteiger partial charge in [-0.1, -0.05) is 0 Å². The molecule has 0 fully saturated rings. The first-order valence-corrected chi connectivity index (χ1v) is 14.3. The Morgan fingerprint density at radius 1 is 0.900 bits per heavy atom. The van der Waals surface area contributed by atoms with Crippen LogP contribution in [0.4, 0.5) is 0 Å². The highest BCUT2D eigenvalue weighted by molar-refractivity contribution is 7.44. The Morgan fingerprint density at radius 2 is 1.43 bits per heavy atom. The van der Waals surface area contributed by atoms with Gasteiger partial charge >= 0.3 is 17.9 Å². The van der Waals surface area contributed by atoms with Crippen LogP contribution in [-0.4, -0.2) is 99.8 Å². The van der Waals surface area contributed by atoms with Crippen molar-refractivity contribution in [3.8, 4) is 6.07 Å². The average molecular weight is 595 g/mol. The van der Waals surface area contributed by atoms with Crippen molar-refractivity contribution < 1.29 is 53.3 Å². The molecule has 4 N–H and O–H groups in total. The molecule has 0 bridgehead atoms. The van der Waals surface area contributed by atoms with Gasteiger partial charge < -0.3 is 38.9 Å². The number of nitrogens with zero attached hydrogens (tertiary/aromatic N) is 2. The lowest BCUT2D eigenvalue weighted by molar-refractivity contribution is -0.229. The third-order valence-corrected chi connectivity index (χ3v) is 8.73. The number of rotatable bonds is 22. The Kier molecular flexibility index (Phi) is 17.0. The number of aliphatic carboxylic acids is 2. The van der Waals surface area contributed by atoms with Gasteiger partial charge in [0.2, 0.25) is 0 Å². The minimum absolute atomic E-state index is 0.0565. The molecule has 2 unspecified atom stereocenters. The summed E-state index contributed by atoms with van der Waals surface area (Å²) in [6.07, 6.45) is -1.88. The molecule has 0 aromatic rings. The second-order valence-corrected chi connectivity index (χ2v) is 12.1. The van der Waals surface area contributed by atoms with Gasteiger partial charge in [-0.05, 0) is 54.4 Å². The van der Waals surface area contributed by atoms with Crippen molar-refractivity contribution in [2.45, 2.75) is 103 Å². The van der Waals surface area contributed by atoms with Gasteiger partial charge in [-0.15, -0.1) is 0 Å². The molecule has 13 nitrogen and oxygen atoms in total. The monoisotopic (exact) mass is 594 g/mol. The summed E-state index contributed by atoms with van der Waals surface area (Å²) in [6, 6.07) is 1.89. The van der Waals surface area contributed by atoms with E-state index < -0.39 is 81.9 Å². The van der Waals surface area contributed by atoms with E-state index >= 15 is 0 Å². The standard InChI is InChI=1S/C26H47N2O11P/c1-19(2)28(20(3)4)40(38-15-8-14-27)39-18-25(24(5,6)34,17-37-16-11-23(33)36-7)26(35,12-9-21(29)30)13-10-22(31)32/h19-20,34-35H,8-13,15-18H2,1-7H3,(H,29,30)(H,31,32). The van der Waals surface area contributed by atoms with E-state index in [9.17, 15) is 34.8 Å². The normalized spacial score (nSPS) is 14.7. The van der Waals surface area contributed by atoms with Crippen LogP contribution in [0.2, 0.25) is 0 Å². The molecule has 0 aromatic heterocycles. The summed E-state index contributed by atoms with van der Waals surface area (Å²) in [5, 5.41) is 51.4. The zero-order chi connectivity index (χ0) is 31.1. The molecular formula is C26H47N2O11P. The predicted octanol–water partition coefficient (Wildman–Crippen LogP) is 3.08. The summed E-state index contributed by atoms with van der Waals surface area (Å²) in [7, 11) is -0.631. The van der Waals surface area contributed by atoms with Crippen LogP contribution in [0.15, 0.2) is 0 Å². The summed E-state index contributed by atoms with van der Waals surface area (Å²) < 4.78 is 24.6. The second-order valence-electron chi connectivity index (χ2n) is 10.7. The topological polar surface area (TPSA) is 196 Å². The molecule has 0 heterocycles. The van der Waals surface area contributed by atoms with E-state index in [-0.39, 0.29) is 38.1 Å². The fraction of sp³-hybridized carbons (Fsp3) is 0.846. The smallest absolute Gasteiger partial charge is 0.307 e. The molecule has 0 saturated carbocycles. The number of carboxylic acids is 2. The van der Waals surface area contributed by atoms with Gasteiger partial charge in [0, 0.05) is 24.9 Å². The molecular weight excluding hydrogens is 547 g/mol. The van der Waals surface area contributed by atoms with E-state index in [1.807, 2.05) is 38.4 Å². The van der Waals surface area contributed by atoms with Crippen molar-refractivity contribution in [1.82, 2.24) is 4.67 Å². The maximum Gasteiger partial charge on any atom is 0.307 e. The molecule has 40 heavy (non-hydrogen) atoms. The zero-order valence-electron chi connectivity index (χ0n) is 24.7. The maximum absolute atomic E-state index is 12.1. The Morgan fingerprint density at radius 3 is 1.82 bits per heavy atom. The molecule has 0 aromatic carbocycles. The molecule has 0 amide bonds. The van der Waals surface area contributed by atoms with Crippen molar-refractivity contribution >= 4 is 26.4 Å². The van der Waals surface area contributed by atoms with E-state index in [1.54, 1.807) is 0 Å². The Bertz CT molecular complexity index is 815. The number of carboxylic acid groups (broad SMARTS) is 2. The zero-order valence-corrected chi connectivity index (χ0v) is 25.6. The van der Waals surface area contributed by atoms with Gasteiger partial charge in [-0.3, -0.25) is 14.4 Å². The first-order chi connectivity index (χ1) is 18.5. The van der Waals surface area contributed by atoms with Gasteiger partial charge in [-0.25, -0.2) is 4.67 Å². The van der Waals surface area contributed by atoms with Crippen molar-refractivity contribution in [1.29, 1.82) is 5.26 Å². The molecule has 0 aliphatic rings. The first-order valence-electron chi connectivity index (χ1n) is 13.2. The van der Waals surface area contributed by atoms with E-state index in [1.165, 1.54) is 21.0 Å². The van der Waals surface area contributed by atoms with E-state index in [0.717, 1.165) is 0 Å². The summed E-state index contributed by atoms with van der Waals surface area (Å²) in [5.74, 6) is -2.99. The molecule has 0 aliphatic heterocycles. The minimum Gasteiger partial charge on any atom is -0.481 e. The molecule has 14 heteroatoms. The highest BCUT2D eigenvalue weighted by Crippen LogP contribution is 2.53. The average Bonchev–Trinajstić information content (AvgIpc) is 2.84.